The van der Waals surface area contributed by atoms with Crippen LogP contribution in [0.1, 0.15) is 30.4 Å². The zero-order valence-corrected chi connectivity index (χ0v) is 24.5. The van der Waals surface area contributed by atoms with Crippen molar-refractivity contribution in [1.82, 2.24) is 21.3 Å². The van der Waals surface area contributed by atoms with Crippen LogP contribution >= 0.6 is 0 Å². The molecule has 0 heterocycles. The number of ether oxygens (including phenoxy) is 2. The Morgan fingerprint density at radius 1 is 0.682 bits per heavy atom. The first-order chi connectivity index (χ1) is 21.2. The molecule has 0 fully saturated rings. The molecule has 0 bridgehead atoms. The third-order valence-electron chi connectivity index (χ3n) is 6.27. The van der Waals surface area contributed by atoms with Gasteiger partial charge in [-0.15, -0.1) is 0 Å². The highest BCUT2D eigenvalue weighted by Crippen LogP contribution is 2.09. The summed E-state index contributed by atoms with van der Waals surface area (Å²) in [6.45, 7) is 7.23. The second-order valence-electron chi connectivity index (χ2n) is 9.73. The molecule has 0 spiro atoms. The number of carbonyl (C=O) groups is 5. The number of rotatable bonds is 19. The van der Waals surface area contributed by atoms with Crippen molar-refractivity contribution in [3.05, 3.63) is 97.1 Å². The van der Waals surface area contributed by atoms with Gasteiger partial charge < -0.3 is 35.8 Å². The fourth-order valence-electron chi connectivity index (χ4n) is 4.09. The molecule has 12 heteroatoms. The van der Waals surface area contributed by atoms with Gasteiger partial charge in [0.15, 0.2) is 0 Å². The molecule has 12 nitrogen and oxygen atoms in total. The third-order valence-corrected chi connectivity index (χ3v) is 6.27. The molecule has 0 aromatic heterocycles. The number of benzene rings is 2. The molecule has 3 atom stereocenters. The first kappa shape index (κ1) is 35.1. The summed E-state index contributed by atoms with van der Waals surface area (Å²) in [6.07, 6.45) is 2.48. The molecular weight excluding hydrogens is 568 g/mol. The average molecular weight is 609 g/mol. The minimum Gasteiger partial charge on any atom is -0.480 e. The summed E-state index contributed by atoms with van der Waals surface area (Å²) in [6, 6.07) is 14.4. The predicted octanol–water partition coefficient (Wildman–Crippen LogP) is 2.89. The molecule has 0 saturated heterocycles. The summed E-state index contributed by atoms with van der Waals surface area (Å²) in [5.41, 5.74) is 1.49. The van der Waals surface area contributed by atoms with Gasteiger partial charge >= 0.3 is 18.2 Å². The van der Waals surface area contributed by atoms with Crippen molar-refractivity contribution >= 4 is 30.0 Å². The molecule has 0 saturated carbocycles. The monoisotopic (exact) mass is 608 g/mol. The van der Waals surface area contributed by atoms with Crippen molar-refractivity contribution in [2.24, 2.45) is 0 Å². The molecular formula is C32H40N4O8. The van der Waals surface area contributed by atoms with E-state index in [1.165, 1.54) is 12.2 Å². The summed E-state index contributed by atoms with van der Waals surface area (Å²) in [5, 5.41) is 20.1. The Balaban J connectivity index is 2.13. The number of carbonyl (C=O) groups excluding carboxylic acids is 4. The van der Waals surface area contributed by atoms with Crippen molar-refractivity contribution in [3.8, 4) is 0 Å². The fraction of sp³-hybridized carbons (Fsp3) is 0.344. The van der Waals surface area contributed by atoms with Gasteiger partial charge in [0.1, 0.15) is 31.3 Å². The summed E-state index contributed by atoms with van der Waals surface area (Å²) in [7, 11) is 0. The van der Waals surface area contributed by atoms with Crippen LogP contribution in [0.4, 0.5) is 9.59 Å². The largest absolute Gasteiger partial charge is 0.480 e. The Kier molecular flexibility index (Phi) is 15.9. The lowest BCUT2D eigenvalue weighted by Crippen LogP contribution is -2.57. The van der Waals surface area contributed by atoms with E-state index in [1.54, 1.807) is 54.6 Å². The van der Waals surface area contributed by atoms with Gasteiger partial charge in [0.25, 0.3) is 0 Å². The lowest BCUT2D eigenvalue weighted by Gasteiger charge is -2.25. The first-order valence-electron chi connectivity index (χ1n) is 14.2. The van der Waals surface area contributed by atoms with Gasteiger partial charge in [-0.1, -0.05) is 86.0 Å². The van der Waals surface area contributed by atoms with E-state index >= 15 is 0 Å². The van der Waals surface area contributed by atoms with Crippen LogP contribution in [-0.2, 0) is 36.7 Å². The number of aliphatic carboxylic acids is 1. The van der Waals surface area contributed by atoms with E-state index in [9.17, 15) is 29.1 Å². The first-order valence-corrected chi connectivity index (χ1v) is 14.2. The Hall–Kier alpha value is -5.13. The van der Waals surface area contributed by atoms with Gasteiger partial charge in [0.2, 0.25) is 11.8 Å². The van der Waals surface area contributed by atoms with Gasteiger partial charge in [-0.05, 0) is 30.4 Å². The van der Waals surface area contributed by atoms with Crippen LogP contribution in [0.2, 0.25) is 0 Å². The molecule has 2 aromatic rings. The van der Waals surface area contributed by atoms with Crippen LogP contribution in [0.3, 0.4) is 0 Å². The van der Waals surface area contributed by atoms with E-state index in [0.29, 0.717) is 12.8 Å². The zero-order valence-electron chi connectivity index (χ0n) is 24.5. The van der Waals surface area contributed by atoms with E-state index in [4.69, 9.17) is 9.47 Å². The number of carboxylic acid groups (broad SMARTS) is 1. The SMILES string of the molecule is C=CCOC(=O)NCCCCC(NC(=O)C(Cc1ccccc1)NC(=O)C(Cc1ccccc1)NC(=O)OCC=C)C(=O)O. The highest BCUT2D eigenvalue weighted by atomic mass is 16.6. The molecule has 44 heavy (non-hydrogen) atoms. The Morgan fingerprint density at radius 2 is 1.16 bits per heavy atom. The van der Waals surface area contributed by atoms with Crippen molar-refractivity contribution in [2.75, 3.05) is 19.8 Å². The summed E-state index contributed by atoms with van der Waals surface area (Å²) >= 11 is 0. The Morgan fingerprint density at radius 3 is 1.66 bits per heavy atom. The molecule has 0 aliphatic carbocycles. The molecule has 236 valence electrons. The topological polar surface area (TPSA) is 172 Å². The molecule has 0 aliphatic heterocycles. The molecule has 3 unspecified atom stereocenters. The Labute approximate surface area is 256 Å². The van der Waals surface area contributed by atoms with Gasteiger partial charge in [-0.2, -0.15) is 0 Å². The highest BCUT2D eigenvalue weighted by Gasteiger charge is 2.30. The summed E-state index contributed by atoms with van der Waals surface area (Å²) in [4.78, 5) is 62.8. The van der Waals surface area contributed by atoms with Gasteiger partial charge in [0, 0.05) is 19.4 Å². The molecule has 0 aliphatic rings. The molecule has 2 rings (SSSR count). The minimum atomic E-state index is -1.24. The number of hydrogen-bond acceptors (Lipinski definition) is 7. The minimum absolute atomic E-state index is 0.0589. The number of hydrogen-bond donors (Lipinski definition) is 5. The van der Waals surface area contributed by atoms with Crippen LogP contribution in [0.25, 0.3) is 0 Å². The normalized spacial score (nSPS) is 12.4. The van der Waals surface area contributed by atoms with Crippen molar-refractivity contribution in [2.45, 2.75) is 50.2 Å². The second-order valence-corrected chi connectivity index (χ2v) is 9.73. The maximum atomic E-state index is 13.5. The zero-order chi connectivity index (χ0) is 32.2. The molecule has 4 amide bonds. The van der Waals surface area contributed by atoms with Crippen LogP contribution in [0.5, 0.6) is 0 Å². The lowest BCUT2D eigenvalue weighted by molar-refractivity contribution is -0.142. The van der Waals surface area contributed by atoms with Gasteiger partial charge in [0.05, 0.1) is 0 Å². The second kappa shape index (κ2) is 19.9. The number of amides is 4. The highest BCUT2D eigenvalue weighted by molar-refractivity contribution is 5.93. The van der Waals surface area contributed by atoms with Gasteiger partial charge in [-0.3, -0.25) is 9.59 Å². The van der Waals surface area contributed by atoms with Crippen LogP contribution in [0.15, 0.2) is 86.0 Å². The lowest BCUT2D eigenvalue weighted by atomic mass is 10.0. The summed E-state index contributed by atoms with van der Waals surface area (Å²) in [5.74, 6) is -2.59. The summed E-state index contributed by atoms with van der Waals surface area (Å²) < 4.78 is 9.81. The van der Waals surface area contributed by atoms with Crippen molar-refractivity contribution in [3.63, 3.8) is 0 Å². The van der Waals surface area contributed by atoms with E-state index in [1.807, 2.05) is 6.07 Å². The fourth-order valence-corrected chi connectivity index (χ4v) is 4.09. The average Bonchev–Trinajstić information content (AvgIpc) is 3.02. The maximum absolute atomic E-state index is 13.5. The molecule has 0 radical (unpaired) electrons. The van der Waals surface area contributed by atoms with Crippen LogP contribution < -0.4 is 21.3 Å². The van der Waals surface area contributed by atoms with E-state index in [2.05, 4.69) is 34.4 Å². The van der Waals surface area contributed by atoms with Crippen LogP contribution in [-0.4, -0.2) is 73.0 Å². The van der Waals surface area contributed by atoms with Crippen molar-refractivity contribution < 1.29 is 38.6 Å². The number of alkyl carbamates (subject to hydrolysis) is 2. The smallest absolute Gasteiger partial charge is 0.408 e. The maximum Gasteiger partial charge on any atom is 0.408 e. The van der Waals surface area contributed by atoms with Crippen LogP contribution in [0, 0.1) is 0 Å². The van der Waals surface area contributed by atoms with E-state index in [-0.39, 0.29) is 39.0 Å². The quantitative estimate of drug-likeness (QED) is 0.120. The van der Waals surface area contributed by atoms with E-state index < -0.39 is 48.1 Å². The number of unbranched alkanes of at least 4 members (excludes halogenated alkanes) is 1. The number of nitrogens with one attached hydrogen (secondary N) is 4. The van der Waals surface area contributed by atoms with Crippen molar-refractivity contribution in [1.29, 1.82) is 0 Å². The number of carboxylic acids is 1. The third kappa shape index (κ3) is 13.7. The Bertz CT molecular complexity index is 1240. The molecule has 5 N–H and O–H groups in total. The predicted molar refractivity (Wildman–Crippen MR) is 164 cm³/mol. The molecule has 2 aromatic carbocycles. The van der Waals surface area contributed by atoms with E-state index in [0.717, 1.165) is 11.1 Å². The standard InChI is InChI=1S/C32H40N4O8/c1-3-19-43-31(41)33-18-12-11-17-25(30(39)40)34-28(37)26(21-23-13-7-5-8-14-23)35-29(38)27(36-32(42)44-20-4-2)22-24-15-9-6-10-16-24/h3-10,13-16,25-27H,1-2,11-12,17-22H2,(H,33,41)(H,34,37)(H,35,38)(H,36,42)(H,39,40). The van der Waals surface area contributed by atoms with Gasteiger partial charge in [-0.25, -0.2) is 14.4 Å².